The average molecular weight is 467 g/mol. The molecule has 2 aliphatic rings. The fraction of sp³-hybridized carbons (Fsp3) is 0.400. The summed E-state index contributed by atoms with van der Waals surface area (Å²) in [6.07, 6.45) is 5.30. The van der Waals surface area contributed by atoms with Crippen molar-refractivity contribution < 1.29 is 14.3 Å². The van der Waals surface area contributed by atoms with E-state index in [1.165, 1.54) is 0 Å². The first kappa shape index (κ1) is 21.9. The largest absolute Gasteiger partial charge is 0.474 e. The average Bonchev–Trinajstić information content (AvgIpc) is 2.86. The van der Waals surface area contributed by atoms with Gasteiger partial charge in [0.1, 0.15) is 11.9 Å². The van der Waals surface area contributed by atoms with Crippen molar-refractivity contribution in [2.24, 2.45) is 0 Å². The normalized spacial score (nSPS) is 21.1. The Bertz CT molecular complexity index is 1110. The lowest BCUT2D eigenvalue weighted by atomic mass is 9.92. The van der Waals surface area contributed by atoms with Crippen molar-refractivity contribution in [1.82, 2.24) is 15.3 Å². The highest BCUT2D eigenvalue weighted by Crippen LogP contribution is 2.31. The third-order valence-electron chi connectivity index (χ3n) is 6.28. The van der Waals surface area contributed by atoms with Gasteiger partial charge in [-0.2, -0.15) is 4.98 Å². The standard InChI is InChI=1S/C25H27ClN4O3/c26-18-5-3-17(4-6-18)24(31)28-19-7-9-20(10-8-19)33-25-21-2-1-11-27-22(21)16-23(29-25)30-12-14-32-15-13-30/h1-6,11,16,19-20H,7-10,12-15H2,(H,28,31). The summed E-state index contributed by atoms with van der Waals surface area (Å²) in [6.45, 7) is 3.01. The second kappa shape index (κ2) is 9.93. The molecule has 2 aromatic heterocycles. The van der Waals surface area contributed by atoms with Crippen LogP contribution in [0, 0.1) is 0 Å². The van der Waals surface area contributed by atoms with Crippen molar-refractivity contribution in [2.75, 3.05) is 31.2 Å². The van der Waals surface area contributed by atoms with Gasteiger partial charge >= 0.3 is 0 Å². The number of carbonyl (C=O) groups is 1. The minimum absolute atomic E-state index is 0.0597. The van der Waals surface area contributed by atoms with Gasteiger partial charge in [-0.05, 0) is 62.1 Å². The molecule has 1 N–H and O–H groups in total. The monoisotopic (exact) mass is 466 g/mol. The smallest absolute Gasteiger partial charge is 0.251 e. The van der Waals surface area contributed by atoms with E-state index in [-0.39, 0.29) is 18.1 Å². The van der Waals surface area contributed by atoms with Gasteiger partial charge < -0.3 is 19.7 Å². The maximum absolute atomic E-state index is 12.5. The minimum atomic E-state index is -0.0621. The highest BCUT2D eigenvalue weighted by molar-refractivity contribution is 6.30. The number of morpholine rings is 1. The van der Waals surface area contributed by atoms with Crippen molar-refractivity contribution in [3.05, 3.63) is 59.2 Å². The molecule has 7 nitrogen and oxygen atoms in total. The Hall–Kier alpha value is -2.90. The van der Waals surface area contributed by atoms with Gasteiger partial charge in [0.15, 0.2) is 0 Å². The summed E-state index contributed by atoms with van der Waals surface area (Å²) >= 11 is 5.92. The molecule has 8 heteroatoms. The van der Waals surface area contributed by atoms with Gasteiger partial charge in [-0.3, -0.25) is 9.78 Å². The van der Waals surface area contributed by atoms with Crippen LogP contribution in [0.2, 0.25) is 5.02 Å². The van der Waals surface area contributed by atoms with E-state index in [1.807, 2.05) is 18.2 Å². The Morgan fingerprint density at radius 1 is 1.09 bits per heavy atom. The molecule has 0 atom stereocenters. The number of fused-ring (bicyclic) bond motifs is 1. The van der Waals surface area contributed by atoms with Gasteiger partial charge in [0.25, 0.3) is 5.91 Å². The second-order valence-corrected chi connectivity index (χ2v) is 8.96. The number of hydrogen-bond acceptors (Lipinski definition) is 6. The van der Waals surface area contributed by atoms with E-state index in [1.54, 1.807) is 30.5 Å². The number of hydrogen-bond donors (Lipinski definition) is 1. The maximum Gasteiger partial charge on any atom is 0.251 e. The van der Waals surface area contributed by atoms with E-state index in [0.29, 0.717) is 29.7 Å². The molecule has 0 spiro atoms. The predicted molar refractivity (Wildman–Crippen MR) is 128 cm³/mol. The number of ether oxygens (including phenoxy) is 2. The van der Waals surface area contributed by atoms with Crippen LogP contribution in [0.1, 0.15) is 36.0 Å². The van der Waals surface area contributed by atoms with E-state index in [4.69, 9.17) is 26.1 Å². The van der Waals surface area contributed by atoms with Gasteiger partial charge in [0.05, 0.1) is 24.1 Å². The van der Waals surface area contributed by atoms with Crippen LogP contribution in [-0.2, 0) is 4.74 Å². The number of carbonyl (C=O) groups excluding carboxylic acids is 1. The molecular weight excluding hydrogens is 440 g/mol. The molecule has 0 unspecified atom stereocenters. The third-order valence-corrected chi connectivity index (χ3v) is 6.53. The Kier molecular flexibility index (Phi) is 6.60. The van der Waals surface area contributed by atoms with Crippen molar-refractivity contribution in [3.63, 3.8) is 0 Å². The summed E-state index contributed by atoms with van der Waals surface area (Å²) in [6, 6.07) is 13.0. The fourth-order valence-electron chi connectivity index (χ4n) is 4.43. The molecule has 1 aromatic carbocycles. The van der Waals surface area contributed by atoms with Crippen LogP contribution in [0.4, 0.5) is 5.82 Å². The van der Waals surface area contributed by atoms with E-state index < -0.39 is 0 Å². The van der Waals surface area contributed by atoms with Crippen molar-refractivity contribution >= 4 is 34.2 Å². The summed E-state index contributed by atoms with van der Waals surface area (Å²) in [5.41, 5.74) is 1.51. The van der Waals surface area contributed by atoms with E-state index in [0.717, 1.165) is 55.5 Å². The number of nitrogens with one attached hydrogen (secondary N) is 1. The number of rotatable bonds is 5. The SMILES string of the molecule is O=C(NC1CCC(Oc2nc(N3CCOCC3)cc3ncccc23)CC1)c1ccc(Cl)cc1. The summed E-state index contributed by atoms with van der Waals surface area (Å²) in [5, 5.41) is 4.69. The van der Waals surface area contributed by atoms with Crippen molar-refractivity contribution in [3.8, 4) is 5.88 Å². The lowest BCUT2D eigenvalue weighted by Gasteiger charge is -2.31. The zero-order valence-electron chi connectivity index (χ0n) is 18.4. The molecule has 2 fully saturated rings. The summed E-state index contributed by atoms with van der Waals surface area (Å²) < 4.78 is 11.9. The molecule has 0 radical (unpaired) electrons. The number of amides is 1. The lowest BCUT2D eigenvalue weighted by Crippen LogP contribution is -2.39. The van der Waals surface area contributed by atoms with Crippen molar-refractivity contribution in [2.45, 2.75) is 37.8 Å². The van der Waals surface area contributed by atoms with Gasteiger partial charge in [0.2, 0.25) is 5.88 Å². The minimum Gasteiger partial charge on any atom is -0.474 e. The van der Waals surface area contributed by atoms with E-state index >= 15 is 0 Å². The summed E-state index contributed by atoms with van der Waals surface area (Å²) in [7, 11) is 0. The molecule has 0 bridgehead atoms. The number of halogens is 1. The first-order valence-electron chi connectivity index (χ1n) is 11.5. The number of anilines is 1. The quantitative estimate of drug-likeness (QED) is 0.606. The molecule has 1 aliphatic carbocycles. The highest BCUT2D eigenvalue weighted by atomic mass is 35.5. The Morgan fingerprint density at radius 3 is 2.61 bits per heavy atom. The number of nitrogens with zero attached hydrogens (tertiary/aromatic N) is 3. The second-order valence-electron chi connectivity index (χ2n) is 8.53. The molecule has 1 saturated carbocycles. The van der Waals surface area contributed by atoms with Crippen LogP contribution in [0.3, 0.4) is 0 Å². The molecule has 172 valence electrons. The first-order chi connectivity index (χ1) is 16.2. The predicted octanol–water partition coefficient (Wildman–Crippen LogP) is 4.24. The van der Waals surface area contributed by atoms with Crippen LogP contribution in [0.25, 0.3) is 10.9 Å². The highest BCUT2D eigenvalue weighted by Gasteiger charge is 2.25. The molecular formula is C25H27ClN4O3. The molecule has 5 rings (SSSR count). The zero-order valence-corrected chi connectivity index (χ0v) is 19.1. The van der Waals surface area contributed by atoms with Gasteiger partial charge in [-0.15, -0.1) is 0 Å². The van der Waals surface area contributed by atoms with Gasteiger partial charge in [0, 0.05) is 42.0 Å². The van der Waals surface area contributed by atoms with Crippen LogP contribution in [-0.4, -0.2) is 54.3 Å². The number of aromatic nitrogens is 2. The fourth-order valence-corrected chi connectivity index (χ4v) is 4.56. The van der Waals surface area contributed by atoms with Crippen LogP contribution < -0.4 is 15.0 Å². The third kappa shape index (κ3) is 5.20. The number of benzene rings is 1. The Morgan fingerprint density at radius 2 is 1.85 bits per heavy atom. The topological polar surface area (TPSA) is 76.6 Å². The molecule has 3 aromatic rings. The molecule has 1 saturated heterocycles. The summed E-state index contributed by atoms with van der Waals surface area (Å²) in [5.74, 6) is 1.45. The lowest BCUT2D eigenvalue weighted by molar-refractivity contribution is 0.0891. The van der Waals surface area contributed by atoms with Gasteiger partial charge in [-0.1, -0.05) is 11.6 Å². The molecule has 33 heavy (non-hydrogen) atoms. The van der Waals surface area contributed by atoms with Crippen LogP contribution in [0.15, 0.2) is 48.7 Å². The summed E-state index contributed by atoms with van der Waals surface area (Å²) in [4.78, 5) is 24.1. The molecule has 1 aliphatic heterocycles. The van der Waals surface area contributed by atoms with Crippen molar-refractivity contribution in [1.29, 1.82) is 0 Å². The zero-order chi connectivity index (χ0) is 22.6. The maximum atomic E-state index is 12.5. The Balaban J connectivity index is 1.24. The Labute approximate surface area is 198 Å². The van der Waals surface area contributed by atoms with E-state index in [9.17, 15) is 4.79 Å². The van der Waals surface area contributed by atoms with Crippen LogP contribution in [0.5, 0.6) is 5.88 Å². The van der Waals surface area contributed by atoms with Crippen LogP contribution >= 0.6 is 11.6 Å². The van der Waals surface area contributed by atoms with Gasteiger partial charge in [-0.25, -0.2) is 0 Å². The first-order valence-corrected chi connectivity index (χ1v) is 11.8. The molecule has 3 heterocycles. The number of pyridine rings is 2. The van der Waals surface area contributed by atoms with E-state index in [2.05, 4.69) is 15.2 Å². The molecule has 1 amide bonds.